The molecule has 4 heteroatoms. The van der Waals surface area contributed by atoms with Gasteiger partial charge in [0.15, 0.2) is 0 Å². The van der Waals surface area contributed by atoms with Crippen LogP contribution in [0.3, 0.4) is 0 Å². The number of benzene rings is 1. The number of carbonyl (C=O) groups is 2. The minimum absolute atomic E-state index is 0.0297. The van der Waals surface area contributed by atoms with Crippen molar-refractivity contribution < 1.29 is 9.59 Å². The number of carbonyl (C=O) groups excluding carboxylic acids is 2. The van der Waals surface area contributed by atoms with Crippen molar-refractivity contribution in [2.24, 2.45) is 5.92 Å². The van der Waals surface area contributed by atoms with Crippen LogP contribution in [-0.4, -0.2) is 48.8 Å². The molecule has 21 heavy (non-hydrogen) atoms. The molecule has 0 heterocycles. The molecule has 0 aliphatic heterocycles. The largest absolute Gasteiger partial charge is 0.347 e. The van der Waals surface area contributed by atoms with Crippen LogP contribution in [0.1, 0.15) is 30.4 Å². The number of hydrogen-bond acceptors (Lipinski definition) is 2. The van der Waals surface area contributed by atoms with Crippen molar-refractivity contribution in [3.8, 4) is 0 Å². The smallest absolute Gasteiger partial charge is 0.241 e. The van der Waals surface area contributed by atoms with Crippen molar-refractivity contribution in [2.75, 3.05) is 27.2 Å². The lowest BCUT2D eigenvalue weighted by atomic mass is 10.1. The van der Waals surface area contributed by atoms with Crippen LogP contribution in [0.15, 0.2) is 24.3 Å². The van der Waals surface area contributed by atoms with E-state index in [1.54, 1.807) is 19.0 Å². The zero-order valence-electron chi connectivity index (χ0n) is 13.3. The van der Waals surface area contributed by atoms with E-state index in [1.807, 2.05) is 13.0 Å². The fraction of sp³-hybridized carbons (Fsp3) is 0.529. The fourth-order valence-electron chi connectivity index (χ4n) is 2.62. The van der Waals surface area contributed by atoms with Gasteiger partial charge in [0.05, 0.1) is 6.54 Å². The molecule has 114 valence electrons. The average Bonchev–Trinajstić information content (AvgIpc) is 3.24. The lowest BCUT2D eigenvalue weighted by molar-refractivity contribution is -0.139. The molecule has 2 atom stereocenters. The van der Waals surface area contributed by atoms with Crippen LogP contribution in [0.5, 0.6) is 0 Å². The molecule has 4 nitrogen and oxygen atoms in total. The van der Waals surface area contributed by atoms with Crippen molar-refractivity contribution in [3.63, 3.8) is 0 Å². The molecule has 1 aromatic rings. The molecule has 0 aromatic heterocycles. The van der Waals surface area contributed by atoms with Crippen LogP contribution in [0, 0.1) is 12.8 Å². The summed E-state index contributed by atoms with van der Waals surface area (Å²) in [5.41, 5.74) is 2.46. The summed E-state index contributed by atoms with van der Waals surface area (Å²) < 4.78 is 0. The van der Waals surface area contributed by atoms with Crippen molar-refractivity contribution in [1.29, 1.82) is 0 Å². The maximum Gasteiger partial charge on any atom is 0.241 e. The van der Waals surface area contributed by atoms with Gasteiger partial charge in [-0.2, -0.15) is 0 Å². The summed E-state index contributed by atoms with van der Waals surface area (Å²) in [6.07, 6.45) is 0.898. The van der Waals surface area contributed by atoms with Crippen molar-refractivity contribution in [1.82, 2.24) is 9.80 Å². The molecular weight excluding hydrogens is 264 g/mol. The number of aryl methyl sites for hydroxylation is 1. The Bertz CT molecular complexity index is 539. The summed E-state index contributed by atoms with van der Waals surface area (Å²) in [6.45, 7) is 4.75. The summed E-state index contributed by atoms with van der Waals surface area (Å²) in [5, 5.41) is 0. The van der Waals surface area contributed by atoms with Crippen LogP contribution >= 0.6 is 0 Å². The van der Waals surface area contributed by atoms with Gasteiger partial charge in [-0.15, -0.1) is 0 Å². The van der Waals surface area contributed by atoms with E-state index in [-0.39, 0.29) is 24.3 Å². The molecule has 1 aliphatic rings. The van der Waals surface area contributed by atoms with Gasteiger partial charge in [-0.25, -0.2) is 0 Å². The summed E-state index contributed by atoms with van der Waals surface area (Å²) in [5.74, 6) is 0.444. The van der Waals surface area contributed by atoms with E-state index in [0.717, 1.165) is 6.42 Å². The molecule has 1 fully saturated rings. The van der Waals surface area contributed by atoms with Crippen molar-refractivity contribution in [3.05, 3.63) is 35.4 Å². The normalized spacial score (nSPS) is 20.0. The van der Waals surface area contributed by atoms with Crippen LogP contribution in [-0.2, 0) is 9.59 Å². The molecule has 2 rings (SSSR count). The predicted molar refractivity (Wildman–Crippen MR) is 83.0 cm³/mol. The van der Waals surface area contributed by atoms with Gasteiger partial charge < -0.3 is 9.80 Å². The van der Waals surface area contributed by atoms with Gasteiger partial charge in [0.1, 0.15) is 0 Å². The number of hydrogen-bond donors (Lipinski definition) is 0. The molecule has 0 radical (unpaired) electrons. The Morgan fingerprint density at radius 1 is 1.29 bits per heavy atom. The number of likely N-dealkylation sites (N-methyl/N-ethyl adjacent to an activating group) is 2. The van der Waals surface area contributed by atoms with Crippen LogP contribution in [0.25, 0.3) is 0 Å². The van der Waals surface area contributed by atoms with E-state index < -0.39 is 0 Å². The topological polar surface area (TPSA) is 40.6 Å². The van der Waals surface area contributed by atoms with Crippen LogP contribution in [0.4, 0.5) is 0 Å². The molecule has 2 amide bonds. The molecule has 0 bridgehead atoms. The van der Waals surface area contributed by atoms with Gasteiger partial charge >= 0.3 is 0 Å². The standard InChI is InChI=1S/C17H24N2O2/c1-5-19(11-16(20)18(3)4)17(21)15-10-14(15)13-8-6-7-12(2)9-13/h6-9,14-15H,5,10-11H2,1-4H3/t14-,15-/m0/s1. The first-order valence-corrected chi connectivity index (χ1v) is 7.49. The maximum absolute atomic E-state index is 12.5. The second kappa shape index (κ2) is 6.29. The predicted octanol–water partition coefficient (Wildman–Crippen LogP) is 2.04. The van der Waals surface area contributed by atoms with E-state index in [0.29, 0.717) is 12.5 Å². The van der Waals surface area contributed by atoms with Crippen LogP contribution < -0.4 is 0 Å². The molecule has 1 saturated carbocycles. The van der Waals surface area contributed by atoms with Gasteiger partial charge in [0.2, 0.25) is 11.8 Å². The summed E-state index contributed by atoms with van der Waals surface area (Å²) in [7, 11) is 3.43. The SMILES string of the molecule is CCN(CC(=O)N(C)C)C(=O)[C@H]1C[C@H]1c1cccc(C)c1. The zero-order chi connectivity index (χ0) is 15.6. The first-order valence-electron chi connectivity index (χ1n) is 7.49. The Kier molecular flexibility index (Phi) is 4.66. The summed E-state index contributed by atoms with van der Waals surface area (Å²) in [4.78, 5) is 27.5. The van der Waals surface area contributed by atoms with Crippen LogP contribution in [0.2, 0.25) is 0 Å². The molecule has 0 unspecified atom stereocenters. The number of nitrogens with zero attached hydrogens (tertiary/aromatic N) is 2. The highest BCUT2D eigenvalue weighted by Crippen LogP contribution is 2.48. The third-order valence-corrected chi connectivity index (χ3v) is 4.10. The second-order valence-electron chi connectivity index (χ2n) is 6.00. The van der Waals surface area contributed by atoms with Crippen molar-refractivity contribution >= 4 is 11.8 Å². The fourth-order valence-corrected chi connectivity index (χ4v) is 2.62. The first-order chi connectivity index (χ1) is 9.93. The molecule has 1 aliphatic carbocycles. The monoisotopic (exact) mass is 288 g/mol. The highest BCUT2D eigenvalue weighted by atomic mass is 16.2. The lowest BCUT2D eigenvalue weighted by Crippen LogP contribution is -2.41. The number of amides is 2. The van der Waals surface area contributed by atoms with E-state index in [2.05, 4.69) is 25.1 Å². The van der Waals surface area contributed by atoms with Gasteiger partial charge in [-0.1, -0.05) is 29.8 Å². The lowest BCUT2D eigenvalue weighted by Gasteiger charge is -2.22. The molecule has 0 N–H and O–H groups in total. The maximum atomic E-state index is 12.5. The third kappa shape index (κ3) is 3.63. The first kappa shape index (κ1) is 15.5. The molecular formula is C17H24N2O2. The van der Waals surface area contributed by atoms with E-state index in [4.69, 9.17) is 0 Å². The zero-order valence-corrected chi connectivity index (χ0v) is 13.3. The minimum Gasteiger partial charge on any atom is -0.347 e. The Hall–Kier alpha value is -1.84. The van der Waals surface area contributed by atoms with E-state index in [1.165, 1.54) is 16.0 Å². The highest BCUT2D eigenvalue weighted by Gasteiger charge is 2.45. The van der Waals surface area contributed by atoms with Crippen molar-refractivity contribution in [2.45, 2.75) is 26.2 Å². The van der Waals surface area contributed by atoms with Gasteiger partial charge in [0.25, 0.3) is 0 Å². The summed E-state index contributed by atoms with van der Waals surface area (Å²) >= 11 is 0. The third-order valence-electron chi connectivity index (χ3n) is 4.10. The Morgan fingerprint density at radius 3 is 2.57 bits per heavy atom. The highest BCUT2D eigenvalue weighted by molar-refractivity contribution is 5.88. The molecule has 0 spiro atoms. The number of rotatable bonds is 5. The Labute approximate surface area is 126 Å². The molecule has 1 aromatic carbocycles. The average molecular weight is 288 g/mol. The Morgan fingerprint density at radius 2 is 2.00 bits per heavy atom. The Balaban J connectivity index is 1.99. The second-order valence-corrected chi connectivity index (χ2v) is 6.00. The van der Waals surface area contributed by atoms with Gasteiger partial charge in [0, 0.05) is 26.6 Å². The molecule has 0 saturated heterocycles. The quantitative estimate of drug-likeness (QED) is 0.832. The van der Waals surface area contributed by atoms with E-state index in [9.17, 15) is 9.59 Å². The summed E-state index contributed by atoms with van der Waals surface area (Å²) in [6, 6.07) is 8.35. The van der Waals surface area contributed by atoms with Gasteiger partial charge in [-0.3, -0.25) is 9.59 Å². The minimum atomic E-state index is -0.0297. The van der Waals surface area contributed by atoms with Gasteiger partial charge in [-0.05, 0) is 31.7 Å². The van der Waals surface area contributed by atoms with E-state index >= 15 is 0 Å².